The number of likely N-dealkylation sites (N-methyl/N-ethyl adjacent to an activating group) is 1. The van der Waals surface area contributed by atoms with Gasteiger partial charge in [0.05, 0.1) is 23.3 Å². The van der Waals surface area contributed by atoms with Gasteiger partial charge in [0, 0.05) is 26.0 Å². The third-order valence-electron chi connectivity index (χ3n) is 4.06. The lowest BCUT2D eigenvalue weighted by Gasteiger charge is -2.24. The maximum absolute atomic E-state index is 12.8. The Morgan fingerprint density at radius 1 is 1.29 bits per heavy atom. The molecule has 24 heavy (non-hydrogen) atoms. The number of benzene rings is 1. The lowest BCUT2D eigenvalue weighted by molar-refractivity contribution is -0.132. The van der Waals surface area contributed by atoms with Crippen LogP contribution in [0.15, 0.2) is 36.7 Å². The van der Waals surface area contributed by atoms with E-state index in [0.717, 1.165) is 11.3 Å². The molecule has 2 amide bonds. The van der Waals surface area contributed by atoms with E-state index in [9.17, 15) is 9.59 Å². The molecule has 1 aromatic carbocycles. The number of aryl methyl sites for hydroxylation is 1. The Morgan fingerprint density at radius 3 is 2.75 bits per heavy atom. The first-order chi connectivity index (χ1) is 11.5. The Bertz CT molecular complexity index is 771. The standard InChI is InChI=1S/C17H20N4O2S/c1-12-6-4-5-7-14(12)21-9-13(8-18-21)16(22)20-11-24-10-15(20)17(23)19(2)3/h4-9,15H,10-11H2,1-3H3. The molecule has 1 unspecified atom stereocenters. The van der Waals surface area contributed by atoms with Gasteiger partial charge in [-0.3, -0.25) is 9.59 Å². The molecule has 126 valence electrons. The fourth-order valence-electron chi connectivity index (χ4n) is 2.70. The summed E-state index contributed by atoms with van der Waals surface area (Å²) >= 11 is 1.60. The highest BCUT2D eigenvalue weighted by molar-refractivity contribution is 7.99. The van der Waals surface area contributed by atoms with Gasteiger partial charge in [-0.25, -0.2) is 4.68 Å². The van der Waals surface area contributed by atoms with E-state index in [4.69, 9.17) is 0 Å². The van der Waals surface area contributed by atoms with E-state index < -0.39 is 6.04 Å². The van der Waals surface area contributed by atoms with Crippen molar-refractivity contribution in [2.75, 3.05) is 25.7 Å². The van der Waals surface area contributed by atoms with Crippen molar-refractivity contribution in [3.05, 3.63) is 47.8 Å². The molecule has 1 aliphatic rings. The molecule has 0 aliphatic carbocycles. The minimum absolute atomic E-state index is 0.0420. The minimum Gasteiger partial charge on any atom is -0.347 e. The van der Waals surface area contributed by atoms with Crippen LogP contribution in [0.3, 0.4) is 0 Å². The van der Waals surface area contributed by atoms with Crippen molar-refractivity contribution in [3.63, 3.8) is 0 Å². The normalized spacial score (nSPS) is 17.1. The largest absolute Gasteiger partial charge is 0.347 e. The molecule has 0 N–H and O–H groups in total. The topological polar surface area (TPSA) is 58.4 Å². The predicted octanol–water partition coefficient (Wildman–Crippen LogP) is 1.78. The monoisotopic (exact) mass is 344 g/mol. The molecule has 1 aromatic heterocycles. The number of hydrogen-bond donors (Lipinski definition) is 0. The van der Waals surface area contributed by atoms with Crippen molar-refractivity contribution in [1.82, 2.24) is 19.6 Å². The maximum Gasteiger partial charge on any atom is 0.258 e. The Kier molecular flexibility index (Phi) is 4.62. The lowest BCUT2D eigenvalue weighted by Crippen LogP contribution is -2.46. The highest BCUT2D eigenvalue weighted by Gasteiger charge is 2.36. The number of carbonyl (C=O) groups is 2. The zero-order chi connectivity index (χ0) is 17.3. The van der Waals surface area contributed by atoms with Crippen molar-refractivity contribution in [2.45, 2.75) is 13.0 Å². The number of rotatable bonds is 3. The van der Waals surface area contributed by atoms with Gasteiger partial charge in [-0.05, 0) is 18.6 Å². The Balaban J connectivity index is 1.84. The van der Waals surface area contributed by atoms with Crippen molar-refractivity contribution in [1.29, 1.82) is 0 Å². The molecule has 1 saturated heterocycles. The molecule has 7 heteroatoms. The van der Waals surface area contributed by atoms with Crippen molar-refractivity contribution in [2.24, 2.45) is 0 Å². The van der Waals surface area contributed by atoms with E-state index in [2.05, 4.69) is 5.10 Å². The molecule has 2 aromatic rings. The van der Waals surface area contributed by atoms with Crippen LogP contribution in [-0.4, -0.2) is 63.2 Å². The van der Waals surface area contributed by atoms with Gasteiger partial charge < -0.3 is 9.80 Å². The summed E-state index contributed by atoms with van der Waals surface area (Å²) in [5.74, 6) is 0.965. The summed E-state index contributed by atoms with van der Waals surface area (Å²) in [6, 6.07) is 7.46. The summed E-state index contributed by atoms with van der Waals surface area (Å²) in [5, 5.41) is 4.31. The molecular weight excluding hydrogens is 324 g/mol. The first kappa shape index (κ1) is 16.6. The summed E-state index contributed by atoms with van der Waals surface area (Å²) in [4.78, 5) is 28.2. The summed E-state index contributed by atoms with van der Waals surface area (Å²) in [6.45, 7) is 2.00. The fraction of sp³-hybridized carbons (Fsp3) is 0.353. The Hall–Kier alpha value is -2.28. The quantitative estimate of drug-likeness (QED) is 0.852. The lowest BCUT2D eigenvalue weighted by atomic mass is 10.2. The number of para-hydroxylation sites is 1. The second-order valence-corrected chi connectivity index (χ2v) is 6.98. The van der Waals surface area contributed by atoms with Crippen LogP contribution in [0, 0.1) is 6.92 Å². The van der Waals surface area contributed by atoms with E-state index in [1.165, 1.54) is 4.90 Å². The second kappa shape index (κ2) is 6.68. The maximum atomic E-state index is 12.8. The summed E-state index contributed by atoms with van der Waals surface area (Å²) < 4.78 is 1.70. The molecule has 3 rings (SSSR count). The number of nitrogens with zero attached hydrogens (tertiary/aromatic N) is 4. The molecule has 2 heterocycles. The molecule has 0 saturated carbocycles. The van der Waals surface area contributed by atoms with Gasteiger partial charge in [-0.1, -0.05) is 18.2 Å². The predicted molar refractivity (Wildman–Crippen MR) is 94.3 cm³/mol. The average molecular weight is 344 g/mol. The van der Waals surface area contributed by atoms with E-state index in [0.29, 0.717) is 17.2 Å². The zero-order valence-electron chi connectivity index (χ0n) is 14.0. The van der Waals surface area contributed by atoms with E-state index in [-0.39, 0.29) is 11.8 Å². The van der Waals surface area contributed by atoms with Crippen LogP contribution in [0.4, 0.5) is 0 Å². The second-order valence-electron chi connectivity index (χ2n) is 5.98. The van der Waals surface area contributed by atoms with Gasteiger partial charge in [0.15, 0.2) is 0 Å². The summed E-state index contributed by atoms with van der Waals surface area (Å²) in [6.07, 6.45) is 3.29. The highest BCUT2D eigenvalue weighted by Crippen LogP contribution is 2.24. The number of carbonyl (C=O) groups excluding carboxylic acids is 2. The van der Waals surface area contributed by atoms with Crippen molar-refractivity contribution in [3.8, 4) is 5.69 Å². The molecule has 0 spiro atoms. The van der Waals surface area contributed by atoms with Crippen LogP contribution >= 0.6 is 11.8 Å². The van der Waals surface area contributed by atoms with Crippen molar-refractivity contribution >= 4 is 23.6 Å². The summed E-state index contributed by atoms with van der Waals surface area (Å²) in [7, 11) is 3.42. The number of aromatic nitrogens is 2. The van der Waals surface area contributed by atoms with Crippen LogP contribution in [0.1, 0.15) is 15.9 Å². The summed E-state index contributed by atoms with van der Waals surface area (Å²) in [5.41, 5.74) is 2.52. The van der Waals surface area contributed by atoms with Crippen LogP contribution in [0.25, 0.3) is 5.69 Å². The van der Waals surface area contributed by atoms with E-state index in [1.54, 1.807) is 47.8 Å². The van der Waals surface area contributed by atoms with Crippen LogP contribution in [0.2, 0.25) is 0 Å². The number of amides is 2. The van der Waals surface area contributed by atoms with Crippen molar-refractivity contribution < 1.29 is 9.59 Å². The van der Waals surface area contributed by atoms with E-state index in [1.807, 2.05) is 31.2 Å². The highest BCUT2D eigenvalue weighted by atomic mass is 32.2. The number of thioether (sulfide) groups is 1. The third-order valence-corrected chi connectivity index (χ3v) is 5.07. The van der Waals surface area contributed by atoms with E-state index >= 15 is 0 Å². The molecule has 6 nitrogen and oxygen atoms in total. The van der Waals surface area contributed by atoms with Crippen LogP contribution in [-0.2, 0) is 4.79 Å². The number of hydrogen-bond acceptors (Lipinski definition) is 4. The first-order valence-corrected chi connectivity index (χ1v) is 8.85. The molecular formula is C17H20N4O2S. The van der Waals surface area contributed by atoms with Gasteiger partial charge >= 0.3 is 0 Å². The average Bonchev–Trinajstić information content (AvgIpc) is 3.23. The SMILES string of the molecule is Cc1ccccc1-n1cc(C(=O)N2CSCC2C(=O)N(C)C)cn1. The van der Waals surface area contributed by atoms with Gasteiger partial charge in [-0.15, -0.1) is 11.8 Å². The first-order valence-electron chi connectivity index (χ1n) is 7.69. The Labute approximate surface area is 145 Å². The van der Waals surface area contributed by atoms with Gasteiger partial charge in [0.2, 0.25) is 5.91 Å². The third kappa shape index (κ3) is 3.03. The molecule has 1 fully saturated rings. The van der Waals surface area contributed by atoms with Gasteiger partial charge in [0.1, 0.15) is 6.04 Å². The molecule has 1 aliphatic heterocycles. The van der Waals surface area contributed by atoms with Crippen LogP contribution < -0.4 is 0 Å². The zero-order valence-corrected chi connectivity index (χ0v) is 14.8. The Morgan fingerprint density at radius 2 is 2.04 bits per heavy atom. The molecule has 0 bridgehead atoms. The molecule has 1 atom stereocenters. The van der Waals surface area contributed by atoms with Gasteiger partial charge in [-0.2, -0.15) is 5.10 Å². The minimum atomic E-state index is -0.403. The fourth-order valence-corrected chi connectivity index (χ4v) is 3.84. The smallest absolute Gasteiger partial charge is 0.258 e. The molecule has 0 radical (unpaired) electrons. The van der Waals surface area contributed by atoms with Crippen LogP contribution in [0.5, 0.6) is 0 Å². The van der Waals surface area contributed by atoms with Gasteiger partial charge in [0.25, 0.3) is 5.91 Å².